The van der Waals surface area contributed by atoms with Crippen molar-refractivity contribution in [3.8, 4) is 5.75 Å². The van der Waals surface area contributed by atoms with Crippen LogP contribution in [-0.4, -0.2) is 43.6 Å². The molecule has 1 atom stereocenters. The van der Waals surface area contributed by atoms with Gasteiger partial charge in [-0.1, -0.05) is 0 Å². The molecule has 0 spiro atoms. The molecule has 1 aliphatic heterocycles. The average molecular weight is 290 g/mol. The minimum absolute atomic E-state index is 0.0404. The SMILES string of the molecule is Cc1cc(OC(F)F)c(C(=O)NC2CCN(C)C2)s1. The molecule has 1 aromatic heterocycles. The fraction of sp³-hybridized carbons (Fsp3) is 0.583. The summed E-state index contributed by atoms with van der Waals surface area (Å²) >= 11 is 1.16. The number of nitrogens with one attached hydrogen (secondary N) is 1. The number of likely N-dealkylation sites (tertiary alicyclic amines) is 1. The summed E-state index contributed by atoms with van der Waals surface area (Å²) in [7, 11) is 1.98. The maximum absolute atomic E-state index is 12.3. The van der Waals surface area contributed by atoms with E-state index in [4.69, 9.17) is 0 Å². The Hall–Kier alpha value is -1.21. The number of halogens is 2. The van der Waals surface area contributed by atoms with E-state index in [-0.39, 0.29) is 22.6 Å². The first-order valence-electron chi connectivity index (χ1n) is 6.00. The maximum Gasteiger partial charge on any atom is 0.387 e. The highest BCUT2D eigenvalue weighted by atomic mass is 32.1. The molecule has 0 bridgehead atoms. The van der Waals surface area contributed by atoms with Gasteiger partial charge in [0.2, 0.25) is 0 Å². The molecule has 7 heteroatoms. The van der Waals surface area contributed by atoms with E-state index in [1.165, 1.54) is 6.07 Å². The molecule has 4 nitrogen and oxygen atoms in total. The summed E-state index contributed by atoms with van der Waals surface area (Å²) in [5.74, 6) is -0.379. The Labute approximate surface area is 114 Å². The van der Waals surface area contributed by atoms with Crippen LogP contribution in [0.25, 0.3) is 0 Å². The van der Waals surface area contributed by atoms with Crippen molar-refractivity contribution >= 4 is 17.2 Å². The number of carbonyl (C=O) groups is 1. The first-order chi connectivity index (χ1) is 8.95. The van der Waals surface area contributed by atoms with Crippen LogP contribution in [0, 0.1) is 6.92 Å². The maximum atomic E-state index is 12.3. The van der Waals surface area contributed by atoms with Crippen LogP contribution in [0.1, 0.15) is 21.0 Å². The van der Waals surface area contributed by atoms with Gasteiger partial charge in [0.1, 0.15) is 10.6 Å². The number of thiophene rings is 1. The third kappa shape index (κ3) is 3.63. The van der Waals surface area contributed by atoms with E-state index in [1.54, 1.807) is 6.92 Å². The lowest BCUT2D eigenvalue weighted by Crippen LogP contribution is -2.36. The van der Waals surface area contributed by atoms with Gasteiger partial charge in [-0.25, -0.2) is 0 Å². The third-order valence-corrected chi connectivity index (χ3v) is 4.00. The van der Waals surface area contributed by atoms with Crippen molar-refractivity contribution in [3.05, 3.63) is 15.8 Å². The molecule has 106 valence electrons. The van der Waals surface area contributed by atoms with Gasteiger partial charge in [-0.3, -0.25) is 4.79 Å². The predicted molar refractivity (Wildman–Crippen MR) is 69.1 cm³/mol. The van der Waals surface area contributed by atoms with Crippen molar-refractivity contribution in [3.63, 3.8) is 0 Å². The minimum atomic E-state index is -2.92. The van der Waals surface area contributed by atoms with E-state index in [0.29, 0.717) is 0 Å². The Kier molecular flexibility index (Phi) is 4.36. The van der Waals surface area contributed by atoms with Crippen LogP contribution in [0.4, 0.5) is 8.78 Å². The molecule has 1 saturated heterocycles. The van der Waals surface area contributed by atoms with Crippen LogP contribution in [0.15, 0.2) is 6.07 Å². The van der Waals surface area contributed by atoms with E-state index in [2.05, 4.69) is 15.0 Å². The van der Waals surface area contributed by atoms with Crippen LogP contribution in [0.3, 0.4) is 0 Å². The molecule has 1 unspecified atom stereocenters. The second-order valence-electron chi connectivity index (χ2n) is 4.65. The highest BCUT2D eigenvalue weighted by Gasteiger charge is 2.25. The zero-order chi connectivity index (χ0) is 14.0. The molecule has 1 N–H and O–H groups in total. The zero-order valence-electron chi connectivity index (χ0n) is 10.8. The van der Waals surface area contributed by atoms with Gasteiger partial charge in [0.15, 0.2) is 0 Å². The number of nitrogens with zero attached hydrogens (tertiary/aromatic N) is 1. The molecule has 1 fully saturated rings. The predicted octanol–water partition coefficient (Wildman–Crippen LogP) is 2.09. The van der Waals surface area contributed by atoms with Crippen LogP contribution >= 0.6 is 11.3 Å². The molecule has 1 aliphatic rings. The lowest BCUT2D eigenvalue weighted by Gasteiger charge is -2.13. The van der Waals surface area contributed by atoms with Gasteiger partial charge in [-0.2, -0.15) is 8.78 Å². The van der Waals surface area contributed by atoms with Gasteiger partial charge in [-0.05, 0) is 33.0 Å². The summed E-state index contributed by atoms with van der Waals surface area (Å²) in [4.78, 5) is 15.2. The molecule has 0 radical (unpaired) electrons. The first-order valence-corrected chi connectivity index (χ1v) is 6.82. The number of rotatable bonds is 4. The van der Waals surface area contributed by atoms with Crippen molar-refractivity contribution in [1.82, 2.24) is 10.2 Å². The lowest BCUT2D eigenvalue weighted by atomic mass is 10.2. The lowest BCUT2D eigenvalue weighted by molar-refractivity contribution is -0.0498. The number of likely N-dealkylation sites (N-methyl/N-ethyl adjacent to an activating group) is 1. The van der Waals surface area contributed by atoms with Crippen molar-refractivity contribution < 1.29 is 18.3 Å². The molecule has 0 aliphatic carbocycles. The summed E-state index contributed by atoms with van der Waals surface area (Å²) in [5, 5.41) is 2.86. The number of ether oxygens (including phenoxy) is 1. The van der Waals surface area contributed by atoms with Crippen LogP contribution in [-0.2, 0) is 0 Å². The van der Waals surface area contributed by atoms with E-state index in [1.807, 2.05) is 7.05 Å². The zero-order valence-corrected chi connectivity index (χ0v) is 11.6. The Morgan fingerprint density at radius 2 is 2.37 bits per heavy atom. The molecule has 1 amide bonds. The Morgan fingerprint density at radius 3 is 2.95 bits per heavy atom. The van der Waals surface area contributed by atoms with E-state index >= 15 is 0 Å². The topological polar surface area (TPSA) is 41.6 Å². The van der Waals surface area contributed by atoms with Crippen LogP contribution < -0.4 is 10.1 Å². The largest absolute Gasteiger partial charge is 0.433 e. The van der Waals surface area contributed by atoms with Gasteiger partial charge < -0.3 is 15.0 Å². The molecular formula is C12H16F2N2O2S. The minimum Gasteiger partial charge on any atom is -0.433 e. The molecule has 2 rings (SSSR count). The molecule has 19 heavy (non-hydrogen) atoms. The number of hydrogen-bond acceptors (Lipinski definition) is 4. The summed E-state index contributed by atoms with van der Waals surface area (Å²) < 4.78 is 28.9. The number of amides is 1. The van der Waals surface area contributed by atoms with Crippen molar-refractivity contribution in [2.45, 2.75) is 26.0 Å². The van der Waals surface area contributed by atoms with Gasteiger partial charge in [0, 0.05) is 17.5 Å². The van der Waals surface area contributed by atoms with Crippen LogP contribution in [0.2, 0.25) is 0 Å². The quantitative estimate of drug-likeness (QED) is 0.923. The molecule has 1 aromatic rings. The molecule has 2 heterocycles. The van der Waals surface area contributed by atoms with Gasteiger partial charge in [0.05, 0.1) is 0 Å². The van der Waals surface area contributed by atoms with Crippen molar-refractivity contribution in [2.24, 2.45) is 0 Å². The molecular weight excluding hydrogens is 274 g/mol. The van der Waals surface area contributed by atoms with E-state index in [9.17, 15) is 13.6 Å². The van der Waals surface area contributed by atoms with E-state index in [0.717, 1.165) is 35.7 Å². The summed E-state index contributed by atoms with van der Waals surface area (Å²) in [6, 6.07) is 1.53. The Morgan fingerprint density at radius 1 is 1.63 bits per heavy atom. The number of aryl methyl sites for hydroxylation is 1. The fourth-order valence-corrected chi connectivity index (χ4v) is 2.98. The smallest absolute Gasteiger partial charge is 0.387 e. The summed E-state index contributed by atoms with van der Waals surface area (Å²) in [6.45, 7) is 0.539. The number of carbonyl (C=O) groups excluding carboxylic acids is 1. The highest BCUT2D eigenvalue weighted by molar-refractivity contribution is 7.14. The van der Waals surface area contributed by atoms with Crippen LogP contribution in [0.5, 0.6) is 5.75 Å². The number of hydrogen-bond donors (Lipinski definition) is 1. The second-order valence-corrected chi connectivity index (χ2v) is 5.91. The Balaban J connectivity index is 2.05. The monoisotopic (exact) mass is 290 g/mol. The molecule has 0 saturated carbocycles. The van der Waals surface area contributed by atoms with Gasteiger partial charge in [0.25, 0.3) is 5.91 Å². The van der Waals surface area contributed by atoms with Crippen molar-refractivity contribution in [1.29, 1.82) is 0 Å². The Bertz CT molecular complexity index is 465. The van der Waals surface area contributed by atoms with Gasteiger partial charge in [-0.15, -0.1) is 11.3 Å². The number of alkyl halides is 2. The average Bonchev–Trinajstić information content (AvgIpc) is 2.84. The third-order valence-electron chi connectivity index (χ3n) is 2.97. The summed E-state index contributed by atoms with van der Waals surface area (Å²) in [5.41, 5.74) is 0. The second kappa shape index (κ2) is 5.83. The fourth-order valence-electron chi connectivity index (χ4n) is 2.14. The normalized spacial score (nSPS) is 19.9. The standard InChI is InChI=1S/C12H16F2N2O2S/c1-7-5-9(18-12(13)14)10(19-7)11(17)15-8-3-4-16(2)6-8/h5,8,12H,3-4,6H2,1-2H3,(H,15,17). The highest BCUT2D eigenvalue weighted by Crippen LogP contribution is 2.30. The first kappa shape index (κ1) is 14.2. The summed E-state index contributed by atoms with van der Waals surface area (Å²) in [6.07, 6.45) is 0.873. The van der Waals surface area contributed by atoms with Crippen molar-refractivity contribution in [2.75, 3.05) is 20.1 Å². The molecule has 0 aromatic carbocycles. The van der Waals surface area contributed by atoms with Gasteiger partial charge >= 0.3 is 6.61 Å². The van der Waals surface area contributed by atoms with E-state index < -0.39 is 6.61 Å².